The molecular formula is C14H14N2O4. The minimum atomic E-state index is -0.695. The first kappa shape index (κ1) is 12.7. The molecule has 0 radical (unpaired) electrons. The molecule has 3 atom stereocenters. The maximum Gasteiger partial charge on any atom is 0.322 e. The molecule has 3 rings (SSSR count). The van der Waals surface area contributed by atoms with Gasteiger partial charge in [-0.15, -0.1) is 0 Å². The van der Waals surface area contributed by atoms with Gasteiger partial charge < -0.3 is 10.1 Å². The molecular weight excluding hydrogens is 260 g/mol. The van der Waals surface area contributed by atoms with Crippen molar-refractivity contribution >= 4 is 17.9 Å². The van der Waals surface area contributed by atoms with Crippen molar-refractivity contribution in [1.29, 1.82) is 0 Å². The van der Waals surface area contributed by atoms with Crippen molar-refractivity contribution in [1.82, 2.24) is 10.6 Å². The molecule has 6 nitrogen and oxygen atoms in total. The SMILES string of the molecule is COC(=O)C1c2ccccc2CC1C1NC(=O)NC1=O. The van der Waals surface area contributed by atoms with Crippen LogP contribution in [-0.4, -0.2) is 31.1 Å². The molecule has 1 aliphatic carbocycles. The van der Waals surface area contributed by atoms with Crippen molar-refractivity contribution < 1.29 is 19.1 Å². The number of carbonyl (C=O) groups is 3. The van der Waals surface area contributed by atoms with Gasteiger partial charge in [0.05, 0.1) is 13.0 Å². The van der Waals surface area contributed by atoms with Crippen LogP contribution in [0.5, 0.6) is 0 Å². The molecule has 3 unspecified atom stereocenters. The largest absolute Gasteiger partial charge is 0.469 e. The number of nitrogens with one attached hydrogen (secondary N) is 2. The van der Waals surface area contributed by atoms with Crippen LogP contribution in [0, 0.1) is 5.92 Å². The fourth-order valence-corrected chi connectivity index (χ4v) is 3.10. The second kappa shape index (κ2) is 4.63. The Balaban J connectivity index is 1.98. The summed E-state index contributed by atoms with van der Waals surface area (Å²) < 4.78 is 4.86. The van der Waals surface area contributed by atoms with E-state index < -0.39 is 18.0 Å². The highest BCUT2D eigenvalue weighted by molar-refractivity contribution is 6.04. The van der Waals surface area contributed by atoms with Crippen LogP contribution in [0.4, 0.5) is 4.79 Å². The van der Waals surface area contributed by atoms with Gasteiger partial charge in [-0.3, -0.25) is 14.9 Å². The topological polar surface area (TPSA) is 84.5 Å². The van der Waals surface area contributed by atoms with Crippen LogP contribution in [0.2, 0.25) is 0 Å². The van der Waals surface area contributed by atoms with E-state index in [1.54, 1.807) is 0 Å². The normalized spacial score (nSPS) is 27.8. The number of benzene rings is 1. The molecule has 20 heavy (non-hydrogen) atoms. The fraction of sp³-hybridized carbons (Fsp3) is 0.357. The van der Waals surface area contributed by atoms with Crippen LogP contribution in [-0.2, 0) is 20.7 Å². The zero-order chi connectivity index (χ0) is 14.3. The number of carbonyl (C=O) groups excluding carboxylic acids is 3. The molecule has 104 valence electrons. The molecule has 1 aliphatic heterocycles. The Morgan fingerprint density at radius 1 is 1.30 bits per heavy atom. The second-order valence-corrected chi connectivity index (χ2v) is 5.01. The van der Waals surface area contributed by atoms with Crippen LogP contribution < -0.4 is 10.6 Å². The molecule has 0 bridgehead atoms. The maximum absolute atomic E-state index is 12.1. The zero-order valence-electron chi connectivity index (χ0n) is 10.9. The molecule has 0 spiro atoms. The van der Waals surface area contributed by atoms with E-state index >= 15 is 0 Å². The Kier molecular flexibility index (Phi) is 2.93. The number of amides is 3. The van der Waals surface area contributed by atoms with Gasteiger partial charge in [0.2, 0.25) is 0 Å². The second-order valence-electron chi connectivity index (χ2n) is 5.01. The molecule has 1 heterocycles. The lowest BCUT2D eigenvalue weighted by molar-refractivity contribution is -0.144. The first-order chi connectivity index (χ1) is 9.61. The summed E-state index contributed by atoms with van der Waals surface area (Å²) in [4.78, 5) is 35.2. The van der Waals surface area contributed by atoms with E-state index in [2.05, 4.69) is 10.6 Å². The van der Waals surface area contributed by atoms with E-state index in [1.807, 2.05) is 24.3 Å². The summed E-state index contributed by atoms with van der Waals surface area (Å²) >= 11 is 0. The van der Waals surface area contributed by atoms with E-state index in [9.17, 15) is 14.4 Å². The Morgan fingerprint density at radius 2 is 2.05 bits per heavy atom. The molecule has 6 heteroatoms. The highest BCUT2D eigenvalue weighted by Gasteiger charge is 2.47. The third-order valence-corrected chi connectivity index (χ3v) is 3.96. The van der Waals surface area contributed by atoms with Gasteiger partial charge >= 0.3 is 12.0 Å². The van der Waals surface area contributed by atoms with E-state index in [1.165, 1.54) is 7.11 Å². The molecule has 2 aliphatic rings. The summed E-state index contributed by atoms with van der Waals surface area (Å²) in [5.41, 5.74) is 1.89. The summed E-state index contributed by atoms with van der Waals surface area (Å²) in [6.45, 7) is 0. The standard InChI is InChI=1S/C14H14N2O4/c1-20-13(18)10-8-5-3-2-4-7(8)6-9(10)11-12(17)16-14(19)15-11/h2-5,9-11H,6H2,1H3,(H2,15,16,17,19). The summed E-state index contributed by atoms with van der Waals surface area (Å²) in [5.74, 6) is -1.60. The van der Waals surface area contributed by atoms with E-state index in [0.29, 0.717) is 6.42 Å². The van der Waals surface area contributed by atoms with Crippen LogP contribution in [0.15, 0.2) is 24.3 Å². The number of hydrogen-bond donors (Lipinski definition) is 2. The highest BCUT2D eigenvalue weighted by Crippen LogP contribution is 2.41. The van der Waals surface area contributed by atoms with Gasteiger partial charge in [-0.1, -0.05) is 24.3 Å². The predicted octanol–water partition coefficient (Wildman–Crippen LogP) is 0.323. The number of fused-ring (bicyclic) bond motifs is 1. The quantitative estimate of drug-likeness (QED) is 0.601. The Morgan fingerprint density at radius 3 is 2.70 bits per heavy atom. The average molecular weight is 274 g/mol. The van der Waals surface area contributed by atoms with Crippen molar-refractivity contribution in [3.63, 3.8) is 0 Å². The number of hydrogen-bond acceptors (Lipinski definition) is 4. The van der Waals surface area contributed by atoms with Gasteiger partial charge in [0, 0.05) is 5.92 Å². The summed E-state index contributed by atoms with van der Waals surface area (Å²) in [7, 11) is 1.33. The first-order valence-electron chi connectivity index (χ1n) is 6.39. The minimum Gasteiger partial charge on any atom is -0.469 e. The molecule has 1 aromatic carbocycles. The molecule has 1 aromatic rings. The molecule has 0 aromatic heterocycles. The lowest BCUT2D eigenvalue weighted by Gasteiger charge is -2.22. The summed E-state index contributed by atoms with van der Waals surface area (Å²) in [5, 5.41) is 4.79. The predicted molar refractivity (Wildman–Crippen MR) is 68.9 cm³/mol. The van der Waals surface area contributed by atoms with Gasteiger partial charge in [-0.2, -0.15) is 0 Å². The molecule has 1 fully saturated rings. The van der Waals surface area contributed by atoms with Crippen LogP contribution >= 0.6 is 0 Å². The van der Waals surface area contributed by atoms with Crippen molar-refractivity contribution in [3.05, 3.63) is 35.4 Å². The van der Waals surface area contributed by atoms with Gasteiger partial charge in [0.15, 0.2) is 0 Å². The third-order valence-electron chi connectivity index (χ3n) is 3.96. The Hall–Kier alpha value is -2.37. The van der Waals surface area contributed by atoms with Gasteiger partial charge in [-0.25, -0.2) is 4.79 Å². The average Bonchev–Trinajstić information content (AvgIpc) is 2.97. The van der Waals surface area contributed by atoms with Gasteiger partial charge in [0.1, 0.15) is 6.04 Å². The number of rotatable bonds is 2. The smallest absolute Gasteiger partial charge is 0.322 e. The number of imide groups is 1. The van der Waals surface area contributed by atoms with Gasteiger partial charge in [-0.05, 0) is 17.5 Å². The molecule has 1 saturated heterocycles. The molecule has 3 amide bonds. The number of methoxy groups -OCH3 is 1. The number of urea groups is 1. The number of esters is 1. The highest BCUT2D eigenvalue weighted by atomic mass is 16.5. The number of ether oxygens (including phenoxy) is 1. The van der Waals surface area contributed by atoms with Crippen LogP contribution in [0.1, 0.15) is 17.0 Å². The van der Waals surface area contributed by atoms with E-state index in [4.69, 9.17) is 4.74 Å². The Labute approximate surface area is 115 Å². The van der Waals surface area contributed by atoms with E-state index in [-0.39, 0.29) is 17.8 Å². The molecule has 0 saturated carbocycles. The minimum absolute atomic E-state index is 0.314. The van der Waals surface area contributed by atoms with Crippen LogP contribution in [0.3, 0.4) is 0 Å². The van der Waals surface area contributed by atoms with E-state index in [0.717, 1.165) is 11.1 Å². The van der Waals surface area contributed by atoms with Crippen molar-refractivity contribution in [2.24, 2.45) is 5.92 Å². The summed E-state index contributed by atoms with van der Waals surface area (Å²) in [6, 6.07) is 6.33. The van der Waals surface area contributed by atoms with Crippen LogP contribution in [0.25, 0.3) is 0 Å². The summed E-state index contributed by atoms with van der Waals surface area (Å²) in [6.07, 6.45) is 0.564. The monoisotopic (exact) mass is 274 g/mol. The fourth-order valence-electron chi connectivity index (χ4n) is 3.10. The first-order valence-corrected chi connectivity index (χ1v) is 6.39. The third kappa shape index (κ3) is 1.84. The van der Waals surface area contributed by atoms with Crippen molar-refractivity contribution in [2.75, 3.05) is 7.11 Å². The maximum atomic E-state index is 12.1. The van der Waals surface area contributed by atoms with Crippen molar-refractivity contribution in [2.45, 2.75) is 18.4 Å². The molecule has 2 N–H and O–H groups in total. The zero-order valence-corrected chi connectivity index (χ0v) is 10.9. The van der Waals surface area contributed by atoms with Crippen molar-refractivity contribution in [3.8, 4) is 0 Å². The van der Waals surface area contributed by atoms with Gasteiger partial charge in [0.25, 0.3) is 5.91 Å². The lowest BCUT2D eigenvalue weighted by Crippen LogP contribution is -2.41. The Bertz CT molecular complexity index is 599. The lowest BCUT2D eigenvalue weighted by atomic mass is 9.86.